The summed E-state index contributed by atoms with van der Waals surface area (Å²) in [5, 5.41) is 11.2. The van der Waals surface area contributed by atoms with Gasteiger partial charge >= 0.3 is 0 Å². The van der Waals surface area contributed by atoms with Crippen LogP contribution in [0.1, 0.15) is 54.3 Å². The minimum Gasteiger partial charge on any atom is -0.359 e. The highest BCUT2D eigenvalue weighted by atomic mass is 32.2. The van der Waals surface area contributed by atoms with Crippen LogP contribution in [-0.4, -0.2) is 38.2 Å². The topological polar surface area (TPSA) is 81.4 Å². The number of hydrogen-bond donors (Lipinski definition) is 4. The van der Waals surface area contributed by atoms with Gasteiger partial charge in [-0.15, -0.1) is 0 Å². The maximum atomic E-state index is 14.9. The maximum Gasteiger partial charge on any atom is 0.135 e. The summed E-state index contributed by atoms with van der Waals surface area (Å²) in [5.41, 5.74) is 11.0. The molecule has 1 fully saturated rings. The van der Waals surface area contributed by atoms with Crippen LogP contribution in [0.3, 0.4) is 0 Å². The second kappa shape index (κ2) is 13.8. The first-order valence-electron chi connectivity index (χ1n) is 15.3. The van der Waals surface area contributed by atoms with Crippen LogP contribution in [0, 0.1) is 18.7 Å². The summed E-state index contributed by atoms with van der Waals surface area (Å²) in [7, 11) is -1.44. The summed E-state index contributed by atoms with van der Waals surface area (Å²) in [6.45, 7) is 16.6. The third-order valence-corrected chi connectivity index (χ3v) is 9.03. The number of H-pyrrole nitrogens is 2. The number of nitrogens with zero attached hydrogens (tertiary/aromatic N) is 2. The molecule has 0 bridgehead atoms. The summed E-state index contributed by atoms with van der Waals surface area (Å²) in [6, 6.07) is 11.1. The zero-order valence-corrected chi connectivity index (χ0v) is 27.8. The van der Waals surface area contributed by atoms with Gasteiger partial charge < -0.3 is 10.3 Å². The molecule has 5 rings (SSSR count). The molecule has 46 heavy (non-hydrogen) atoms. The van der Waals surface area contributed by atoms with E-state index < -0.39 is 9.39 Å². The second-order valence-electron chi connectivity index (χ2n) is 12.0. The molecule has 0 aliphatic heterocycles. The normalized spacial score (nSPS) is 14.7. The molecule has 1 aliphatic rings. The first kappa shape index (κ1) is 32.7. The van der Waals surface area contributed by atoms with E-state index in [-0.39, 0.29) is 5.82 Å². The molecule has 6 nitrogen and oxygen atoms in total. The molecule has 3 heterocycles. The van der Waals surface area contributed by atoms with Crippen LogP contribution in [0.25, 0.3) is 33.6 Å². The van der Waals surface area contributed by atoms with Crippen molar-refractivity contribution in [3.05, 3.63) is 132 Å². The van der Waals surface area contributed by atoms with Gasteiger partial charge in [0.15, 0.2) is 0 Å². The zero-order chi connectivity index (χ0) is 33.0. The molecule has 0 radical (unpaired) electrons. The van der Waals surface area contributed by atoms with Crippen LogP contribution < -0.4 is 10.0 Å². The SMILES string of the molecule is C=C/C=C(/c1cc(F)cc(CNS(=C)(=C)C)c1)c1cc(-c2n[nH]c3ccc(C(/C=C(\C=C)NC(=C)C4CCC4)=C/C)nc23)[nH]c1C. The minimum absolute atomic E-state index is 0.312. The van der Waals surface area contributed by atoms with Crippen molar-refractivity contribution >= 4 is 43.3 Å². The molecule has 1 aliphatic carbocycles. The lowest BCUT2D eigenvalue weighted by molar-refractivity contribution is 0.356. The van der Waals surface area contributed by atoms with Gasteiger partial charge in [0, 0.05) is 29.2 Å². The average molecular weight is 635 g/mol. The van der Waals surface area contributed by atoms with E-state index in [9.17, 15) is 4.39 Å². The minimum atomic E-state index is -1.44. The highest BCUT2D eigenvalue weighted by Crippen LogP contribution is 2.34. The number of aryl methyl sites for hydroxylation is 1. The van der Waals surface area contributed by atoms with Gasteiger partial charge in [-0.25, -0.2) is 9.37 Å². The van der Waals surface area contributed by atoms with E-state index in [0.717, 1.165) is 67.3 Å². The van der Waals surface area contributed by atoms with Gasteiger partial charge in [-0.05, 0) is 110 Å². The van der Waals surface area contributed by atoms with Crippen molar-refractivity contribution < 1.29 is 4.39 Å². The zero-order valence-electron chi connectivity index (χ0n) is 27.0. The van der Waals surface area contributed by atoms with Crippen LogP contribution in [0.2, 0.25) is 0 Å². The van der Waals surface area contributed by atoms with Crippen molar-refractivity contribution in [3.8, 4) is 11.4 Å². The smallest absolute Gasteiger partial charge is 0.135 e. The Bertz CT molecular complexity index is 2010. The molecule has 0 saturated heterocycles. The number of rotatable bonds is 13. The molecule has 238 valence electrons. The Hall–Kier alpha value is -4.66. The van der Waals surface area contributed by atoms with E-state index in [1.165, 1.54) is 25.3 Å². The van der Waals surface area contributed by atoms with Crippen molar-refractivity contribution in [2.45, 2.75) is 39.7 Å². The number of fused-ring (bicyclic) bond motifs is 1. The van der Waals surface area contributed by atoms with E-state index in [4.69, 9.17) is 4.98 Å². The first-order valence-corrected chi connectivity index (χ1v) is 17.7. The highest BCUT2D eigenvalue weighted by Gasteiger charge is 2.21. The van der Waals surface area contributed by atoms with E-state index in [2.05, 4.69) is 56.7 Å². The van der Waals surface area contributed by atoms with Crippen molar-refractivity contribution in [1.29, 1.82) is 0 Å². The Morgan fingerprint density at radius 3 is 2.59 bits per heavy atom. The van der Waals surface area contributed by atoms with Crippen LogP contribution >= 0.6 is 9.39 Å². The third kappa shape index (κ3) is 7.41. The molecule has 8 heteroatoms. The number of pyridine rings is 1. The average Bonchev–Trinajstić information content (AvgIpc) is 3.58. The lowest BCUT2D eigenvalue weighted by atomic mass is 9.83. The molecule has 1 aromatic carbocycles. The number of aromatic amines is 2. The summed E-state index contributed by atoms with van der Waals surface area (Å²) in [6.07, 6.45) is 15.1. The number of allylic oxidation sites excluding steroid dienone is 7. The number of aromatic nitrogens is 4. The fourth-order valence-electron chi connectivity index (χ4n) is 5.50. The van der Waals surface area contributed by atoms with Crippen LogP contribution in [-0.2, 0) is 6.54 Å². The van der Waals surface area contributed by atoms with E-state index in [1.54, 1.807) is 12.1 Å². The molecule has 0 atom stereocenters. The van der Waals surface area contributed by atoms with Crippen LogP contribution in [0.15, 0.2) is 97.9 Å². The molecule has 4 aromatic rings. The Morgan fingerprint density at radius 1 is 1.15 bits per heavy atom. The Kier molecular flexibility index (Phi) is 9.79. The van der Waals surface area contributed by atoms with Crippen molar-refractivity contribution in [2.75, 3.05) is 6.26 Å². The Balaban J connectivity index is 1.49. The summed E-state index contributed by atoms with van der Waals surface area (Å²) >= 11 is 0. The molecular weight excluding hydrogens is 592 g/mol. The molecule has 0 unspecified atom stereocenters. The van der Waals surface area contributed by atoms with Gasteiger partial charge in [0.25, 0.3) is 0 Å². The summed E-state index contributed by atoms with van der Waals surface area (Å²) in [4.78, 5) is 8.54. The van der Waals surface area contributed by atoms with E-state index in [0.29, 0.717) is 18.2 Å². The van der Waals surface area contributed by atoms with Gasteiger partial charge in [0.2, 0.25) is 0 Å². The fourth-order valence-corrected chi connectivity index (χ4v) is 6.02. The largest absolute Gasteiger partial charge is 0.359 e. The Morgan fingerprint density at radius 2 is 1.93 bits per heavy atom. The number of halogens is 1. The monoisotopic (exact) mass is 634 g/mol. The molecule has 0 amide bonds. The third-order valence-electron chi connectivity index (χ3n) is 8.19. The number of hydrogen-bond acceptors (Lipinski definition) is 4. The lowest BCUT2D eigenvalue weighted by Gasteiger charge is -2.28. The standard InChI is InChI=1S/C38H43FN6S/c1-9-13-32(29-18-26(19-30(39)20-29)23-40-46(6,7)8)33-22-36(42-25(33)5)38-37-35(44-45-38)17-16-34(43-37)27(10-2)21-31(11-3)41-24(4)28-14-12-15-28/h9-11,13,16-22,28,40-42H,1,3-4,6-7,12,14-15,23H2,2,5,8H3,(H,44,45)/b27-10+,31-21+,32-13-. The van der Waals surface area contributed by atoms with Gasteiger partial charge in [0.1, 0.15) is 17.0 Å². The molecule has 3 aromatic heterocycles. The molecular formula is C38H43FN6S. The number of nitrogens with one attached hydrogen (secondary N) is 4. The van der Waals surface area contributed by atoms with Gasteiger partial charge in [0.05, 0.1) is 16.9 Å². The van der Waals surface area contributed by atoms with Gasteiger partial charge in [-0.1, -0.05) is 56.1 Å². The van der Waals surface area contributed by atoms with Crippen molar-refractivity contribution in [1.82, 2.24) is 30.2 Å². The van der Waals surface area contributed by atoms with Gasteiger partial charge in [-0.2, -0.15) is 14.5 Å². The Labute approximate surface area is 272 Å². The lowest BCUT2D eigenvalue weighted by Crippen LogP contribution is -2.23. The molecule has 1 saturated carbocycles. The quantitative estimate of drug-likeness (QED) is 0.0876. The second-order valence-corrected chi connectivity index (χ2v) is 14.8. The first-order chi connectivity index (χ1) is 22.0. The summed E-state index contributed by atoms with van der Waals surface area (Å²) < 4.78 is 18.2. The predicted molar refractivity (Wildman–Crippen MR) is 198 cm³/mol. The van der Waals surface area contributed by atoms with Crippen LogP contribution in [0.5, 0.6) is 0 Å². The maximum absolute atomic E-state index is 14.9. The fraction of sp³-hybridized carbons (Fsp3) is 0.211. The summed E-state index contributed by atoms with van der Waals surface area (Å²) in [5.74, 6) is 8.34. The molecule has 4 N–H and O–H groups in total. The van der Waals surface area contributed by atoms with E-state index >= 15 is 0 Å². The van der Waals surface area contributed by atoms with Crippen molar-refractivity contribution in [3.63, 3.8) is 0 Å². The predicted octanol–water partition coefficient (Wildman–Crippen LogP) is 8.70. The van der Waals surface area contributed by atoms with Crippen molar-refractivity contribution in [2.24, 2.45) is 5.92 Å². The molecule has 0 spiro atoms. The van der Waals surface area contributed by atoms with E-state index in [1.807, 2.05) is 68.7 Å². The van der Waals surface area contributed by atoms with Gasteiger partial charge in [-0.3, -0.25) is 9.82 Å². The highest BCUT2D eigenvalue weighted by molar-refractivity contribution is 8.25. The van der Waals surface area contributed by atoms with Crippen LogP contribution in [0.4, 0.5) is 4.39 Å². The number of benzene rings is 1.